The maximum Gasteiger partial charge on any atom is 0.127 e. The molecule has 2 rings (SSSR count). The average molecular weight is 280 g/mol. The van der Waals surface area contributed by atoms with Crippen LogP contribution in [-0.4, -0.2) is 12.9 Å². The molecule has 0 aliphatic carbocycles. The predicted octanol–water partition coefficient (Wildman–Crippen LogP) is 4.45. The number of hydrogen-bond acceptors (Lipinski definition) is 2. The van der Waals surface area contributed by atoms with Gasteiger partial charge in [-0.1, -0.05) is 56.0 Å². The number of hydrogen-bond donors (Lipinski definition) is 0. The fourth-order valence-corrected chi connectivity index (χ4v) is 2.38. The van der Waals surface area contributed by atoms with Crippen LogP contribution in [0.15, 0.2) is 55.1 Å². The topological polar surface area (TPSA) is 26.3 Å². The van der Waals surface area contributed by atoms with Crippen molar-refractivity contribution in [2.75, 3.05) is 6.61 Å². The van der Waals surface area contributed by atoms with Gasteiger partial charge in [0.05, 0.1) is 6.61 Å². The highest BCUT2D eigenvalue weighted by Gasteiger charge is 2.15. The van der Waals surface area contributed by atoms with Crippen molar-refractivity contribution in [2.24, 2.45) is 0 Å². The third-order valence-corrected chi connectivity index (χ3v) is 3.49. The second-order valence-corrected chi connectivity index (χ2v) is 4.92. The van der Waals surface area contributed by atoms with Gasteiger partial charge in [0.2, 0.25) is 0 Å². The molecule has 2 nitrogen and oxygen atoms in total. The highest BCUT2D eigenvalue weighted by Crippen LogP contribution is 2.33. The van der Waals surface area contributed by atoms with Crippen LogP contribution >= 0.6 is 0 Å². The molecule has 1 unspecified atom stereocenters. The van der Waals surface area contributed by atoms with E-state index in [4.69, 9.17) is 4.74 Å². The SMILES string of the molecule is C=C(c1ccccc1OCC)c1ccccc1C(C)C=O. The number of rotatable bonds is 6. The van der Waals surface area contributed by atoms with Crippen LogP contribution in [0.3, 0.4) is 0 Å². The van der Waals surface area contributed by atoms with Gasteiger partial charge in [-0.15, -0.1) is 0 Å². The quantitative estimate of drug-likeness (QED) is 0.731. The standard InChI is InChI=1S/C19H20O2/c1-4-21-19-12-8-7-11-18(19)15(3)17-10-6-5-9-16(17)14(2)13-20/h5-14H,3-4H2,1-2H3. The Morgan fingerprint density at radius 1 is 1.14 bits per heavy atom. The van der Waals surface area contributed by atoms with E-state index < -0.39 is 0 Å². The largest absolute Gasteiger partial charge is 0.493 e. The zero-order chi connectivity index (χ0) is 15.2. The molecule has 0 aromatic heterocycles. The lowest BCUT2D eigenvalue weighted by Crippen LogP contribution is -2.02. The number of benzene rings is 2. The van der Waals surface area contributed by atoms with Crippen LogP contribution in [0.2, 0.25) is 0 Å². The Kier molecular flexibility index (Phi) is 4.94. The number of aldehydes is 1. The van der Waals surface area contributed by atoms with Crippen molar-refractivity contribution in [3.63, 3.8) is 0 Å². The van der Waals surface area contributed by atoms with Gasteiger partial charge in [0, 0.05) is 11.5 Å². The van der Waals surface area contributed by atoms with E-state index in [-0.39, 0.29) is 5.92 Å². The third-order valence-electron chi connectivity index (χ3n) is 3.49. The lowest BCUT2D eigenvalue weighted by Gasteiger charge is -2.16. The Hall–Kier alpha value is -2.35. The first-order valence-electron chi connectivity index (χ1n) is 7.14. The lowest BCUT2D eigenvalue weighted by molar-refractivity contribution is -0.108. The molecule has 0 spiro atoms. The molecule has 1 atom stereocenters. The fraction of sp³-hybridized carbons (Fsp3) is 0.211. The number of para-hydroxylation sites is 1. The second kappa shape index (κ2) is 6.89. The smallest absolute Gasteiger partial charge is 0.127 e. The molecule has 0 fully saturated rings. The van der Waals surface area contributed by atoms with E-state index in [1.54, 1.807) is 0 Å². The molecule has 0 N–H and O–H groups in total. The van der Waals surface area contributed by atoms with Crippen molar-refractivity contribution in [1.82, 2.24) is 0 Å². The van der Waals surface area contributed by atoms with Crippen molar-refractivity contribution in [3.8, 4) is 5.75 Å². The average Bonchev–Trinajstić information content (AvgIpc) is 2.54. The minimum Gasteiger partial charge on any atom is -0.493 e. The van der Waals surface area contributed by atoms with E-state index >= 15 is 0 Å². The summed E-state index contributed by atoms with van der Waals surface area (Å²) in [5.74, 6) is 0.663. The van der Waals surface area contributed by atoms with Crippen LogP contribution in [0.5, 0.6) is 5.75 Å². The highest BCUT2D eigenvalue weighted by molar-refractivity contribution is 5.84. The summed E-state index contributed by atoms with van der Waals surface area (Å²) >= 11 is 0. The third kappa shape index (κ3) is 3.22. The predicted molar refractivity (Wildman–Crippen MR) is 86.7 cm³/mol. The molecule has 2 aromatic rings. The molecule has 108 valence electrons. The molecule has 0 amide bonds. The normalized spacial score (nSPS) is 11.7. The van der Waals surface area contributed by atoms with Gasteiger partial charge < -0.3 is 9.53 Å². The van der Waals surface area contributed by atoms with Crippen LogP contribution in [0.1, 0.15) is 36.5 Å². The maximum absolute atomic E-state index is 11.1. The lowest BCUT2D eigenvalue weighted by atomic mass is 9.89. The van der Waals surface area contributed by atoms with E-state index in [1.807, 2.05) is 62.4 Å². The first-order chi connectivity index (χ1) is 10.2. The summed E-state index contributed by atoms with van der Waals surface area (Å²) in [6, 6.07) is 15.7. The molecule has 0 heterocycles. The van der Waals surface area contributed by atoms with Gasteiger partial charge in [-0.3, -0.25) is 0 Å². The van der Waals surface area contributed by atoms with E-state index in [0.717, 1.165) is 34.3 Å². The Balaban J connectivity index is 2.48. The molecule has 0 saturated heterocycles. The van der Waals surface area contributed by atoms with Gasteiger partial charge in [-0.25, -0.2) is 0 Å². The van der Waals surface area contributed by atoms with Crippen LogP contribution in [0.25, 0.3) is 5.57 Å². The van der Waals surface area contributed by atoms with Gasteiger partial charge in [-0.05, 0) is 29.7 Å². The molecule has 2 heteroatoms. The number of carbonyl (C=O) groups is 1. The second-order valence-electron chi connectivity index (χ2n) is 4.92. The monoisotopic (exact) mass is 280 g/mol. The first kappa shape index (κ1) is 15.0. The number of ether oxygens (including phenoxy) is 1. The summed E-state index contributed by atoms with van der Waals surface area (Å²) in [5, 5.41) is 0. The Bertz CT molecular complexity index is 644. The molecule has 0 aliphatic heterocycles. The summed E-state index contributed by atoms with van der Waals surface area (Å²) in [6.45, 7) is 8.68. The van der Waals surface area contributed by atoms with Crippen LogP contribution in [0.4, 0.5) is 0 Å². The summed E-state index contributed by atoms with van der Waals surface area (Å²) < 4.78 is 5.68. The molecule has 21 heavy (non-hydrogen) atoms. The summed E-state index contributed by atoms with van der Waals surface area (Å²) in [5.41, 5.74) is 3.82. The minimum atomic E-state index is -0.155. The van der Waals surface area contributed by atoms with Crippen LogP contribution < -0.4 is 4.74 Å². The van der Waals surface area contributed by atoms with Crippen molar-refractivity contribution >= 4 is 11.9 Å². The molecule has 0 saturated carbocycles. The summed E-state index contributed by atoms with van der Waals surface area (Å²) in [4.78, 5) is 11.1. The minimum absolute atomic E-state index is 0.155. The summed E-state index contributed by atoms with van der Waals surface area (Å²) in [6.07, 6.45) is 0.959. The Morgan fingerprint density at radius 3 is 2.43 bits per heavy atom. The van der Waals surface area contributed by atoms with Gasteiger partial charge in [-0.2, -0.15) is 0 Å². The molecule has 0 radical (unpaired) electrons. The zero-order valence-electron chi connectivity index (χ0n) is 12.5. The first-order valence-corrected chi connectivity index (χ1v) is 7.14. The van der Waals surface area contributed by atoms with E-state index in [0.29, 0.717) is 6.61 Å². The Morgan fingerprint density at radius 2 is 1.76 bits per heavy atom. The molecule has 2 aromatic carbocycles. The molecule has 0 aliphatic rings. The highest BCUT2D eigenvalue weighted by atomic mass is 16.5. The van der Waals surface area contributed by atoms with Gasteiger partial charge in [0.15, 0.2) is 0 Å². The van der Waals surface area contributed by atoms with Gasteiger partial charge >= 0.3 is 0 Å². The zero-order valence-corrected chi connectivity index (χ0v) is 12.5. The van der Waals surface area contributed by atoms with E-state index in [9.17, 15) is 4.79 Å². The van der Waals surface area contributed by atoms with Crippen LogP contribution in [0, 0.1) is 0 Å². The molecular weight excluding hydrogens is 260 g/mol. The van der Waals surface area contributed by atoms with Crippen molar-refractivity contribution in [2.45, 2.75) is 19.8 Å². The van der Waals surface area contributed by atoms with E-state index in [2.05, 4.69) is 6.58 Å². The van der Waals surface area contributed by atoms with E-state index in [1.165, 1.54) is 0 Å². The fourth-order valence-electron chi connectivity index (χ4n) is 2.38. The van der Waals surface area contributed by atoms with Gasteiger partial charge in [0.25, 0.3) is 0 Å². The van der Waals surface area contributed by atoms with Gasteiger partial charge in [0.1, 0.15) is 12.0 Å². The van der Waals surface area contributed by atoms with Crippen molar-refractivity contribution in [3.05, 3.63) is 71.8 Å². The molecule has 0 bridgehead atoms. The van der Waals surface area contributed by atoms with Crippen molar-refractivity contribution in [1.29, 1.82) is 0 Å². The number of carbonyl (C=O) groups excluding carboxylic acids is 1. The van der Waals surface area contributed by atoms with Crippen LogP contribution in [-0.2, 0) is 4.79 Å². The maximum atomic E-state index is 11.1. The Labute approximate surface area is 126 Å². The summed E-state index contributed by atoms with van der Waals surface area (Å²) in [7, 11) is 0. The molecular formula is C19H20O2. The van der Waals surface area contributed by atoms with Crippen molar-refractivity contribution < 1.29 is 9.53 Å².